The Hall–Kier alpha value is -0.530. The first kappa shape index (κ1) is 15.0. The van der Waals surface area contributed by atoms with Crippen LogP contribution in [0.4, 0.5) is 0 Å². The lowest BCUT2D eigenvalue weighted by Gasteiger charge is -2.60. The molecule has 0 spiro atoms. The van der Waals surface area contributed by atoms with Gasteiger partial charge in [-0.1, -0.05) is 25.4 Å². The third-order valence-electron chi connectivity index (χ3n) is 8.50. The molecule has 0 amide bonds. The molecule has 4 aliphatic carbocycles. The molecule has 2 heteroatoms. The minimum absolute atomic E-state index is 0.583. The molecule has 6 atom stereocenters. The second-order valence-electron chi connectivity index (χ2n) is 9.29. The Morgan fingerprint density at radius 2 is 1.86 bits per heavy atom. The van der Waals surface area contributed by atoms with Crippen molar-refractivity contribution in [2.45, 2.75) is 78.1 Å². The van der Waals surface area contributed by atoms with E-state index in [9.17, 15) is 0 Å². The number of fused-ring (bicyclic) bond motifs is 5. The maximum absolute atomic E-state index is 5.06. The maximum Gasteiger partial charge on any atom is 0.106 e. The molecule has 4 fully saturated rings. The van der Waals surface area contributed by atoms with E-state index in [1.54, 1.807) is 7.11 Å². The molecule has 2 nitrogen and oxygen atoms in total. The van der Waals surface area contributed by atoms with Gasteiger partial charge in [-0.2, -0.15) is 0 Å². The van der Waals surface area contributed by atoms with Crippen molar-refractivity contribution in [2.75, 3.05) is 7.11 Å². The molecule has 22 heavy (non-hydrogen) atoms. The van der Waals surface area contributed by atoms with E-state index >= 15 is 0 Å². The van der Waals surface area contributed by atoms with E-state index in [0.29, 0.717) is 10.8 Å². The molecule has 0 aromatic carbocycles. The molecule has 0 N–H and O–H groups in total. The quantitative estimate of drug-likeness (QED) is 0.593. The first-order chi connectivity index (χ1) is 10.6. The lowest BCUT2D eigenvalue weighted by atomic mass is 9.45. The molecule has 0 heterocycles. The van der Waals surface area contributed by atoms with E-state index in [1.165, 1.54) is 69.9 Å². The number of hydrogen-bond acceptors (Lipinski definition) is 2. The largest absolute Gasteiger partial charge is 0.399 e. The first-order valence-electron chi connectivity index (χ1n) is 9.66. The summed E-state index contributed by atoms with van der Waals surface area (Å²) in [5, 5.41) is 4.29. The van der Waals surface area contributed by atoms with E-state index in [4.69, 9.17) is 4.84 Å². The monoisotopic (exact) mass is 303 g/mol. The maximum atomic E-state index is 5.06. The highest BCUT2D eigenvalue weighted by molar-refractivity contribution is 5.85. The van der Waals surface area contributed by atoms with Crippen LogP contribution in [-0.2, 0) is 4.84 Å². The number of oxime groups is 1. The average molecular weight is 303 g/mol. The van der Waals surface area contributed by atoms with Crippen molar-refractivity contribution in [3.8, 4) is 0 Å². The molecule has 4 rings (SSSR count). The van der Waals surface area contributed by atoms with Gasteiger partial charge in [-0.15, -0.1) is 0 Å². The zero-order valence-corrected chi connectivity index (χ0v) is 14.7. The van der Waals surface area contributed by atoms with E-state index in [0.717, 1.165) is 23.7 Å². The van der Waals surface area contributed by atoms with Gasteiger partial charge in [0, 0.05) is 0 Å². The van der Waals surface area contributed by atoms with Crippen molar-refractivity contribution in [3.05, 3.63) is 0 Å². The van der Waals surface area contributed by atoms with Crippen LogP contribution in [0.3, 0.4) is 0 Å². The summed E-state index contributed by atoms with van der Waals surface area (Å²) in [7, 11) is 1.69. The zero-order chi connectivity index (χ0) is 15.4. The van der Waals surface area contributed by atoms with E-state index in [-0.39, 0.29) is 0 Å². The Morgan fingerprint density at radius 3 is 2.68 bits per heavy atom. The van der Waals surface area contributed by atoms with Crippen molar-refractivity contribution < 1.29 is 4.84 Å². The van der Waals surface area contributed by atoms with Crippen LogP contribution < -0.4 is 0 Å². The van der Waals surface area contributed by atoms with Gasteiger partial charge in [-0.05, 0) is 92.3 Å². The summed E-state index contributed by atoms with van der Waals surface area (Å²) in [6.07, 6.45) is 14.2. The van der Waals surface area contributed by atoms with Gasteiger partial charge in [0.15, 0.2) is 0 Å². The molecule has 0 unspecified atom stereocenters. The smallest absolute Gasteiger partial charge is 0.106 e. The lowest BCUT2D eigenvalue weighted by Crippen LogP contribution is -2.52. The minimum Gasteiger partial charge on any atom is -0.399 e. The predicted octanol–water partition coefficient (Wildman–Crippen LogP) is 5.42. The highest BCUT2D eigenvalue weighted by atomic mass is 16.6. The molecule has 0 aromatic heterocycles. The Balaban J connectivity index is 1.58. The van der Waals surface area contributed by atoms with Crippen LogP contribution in [0.1, 0.15) is 78.1 Å². The number of rotatable bonds is 1. The van der Waals surface area contributed by atoms with Crippen LogP contribution in [0.25, 0.3) is 0 Å². The summed E-state index contributed by atoms with van der Waals surface area (Å²) in [5.41, 5.74) is 2.60. The second kappa shape index (κ2) is 5.24. The Kier molecular flexibility index (Phi) is 3.58. The molecular formula is C20H33NO. The lowest BCUT2D eigenvalue weighted by molar-refractivity contribution is -0.0921. The van der Waals surface area contributed by atoms with Gasteiger partial charge < -0.3 is 4.84 Å². The third-order valence-corrected chi connectivity index (χ3v) is 8.50. The van der Waals surface area contributed by atoms with E-state index in [2.05, 4.69) is 19.0 Å². The molecule has 0 aliphatic heterocycles. The van der Waals surface area contributed by atoms with Crippen LogP contribution in [0, 0.1) is 34.5 Å². The normalized spacial score (nSPS) is 52.8. The fraction of sp³-hybridized carbons (Fsp3) is 0.950. The molecule has 0 bridgehead atoms. The average Bonchev–Trinajstić information content (AvgIpc) is 2.89. The van der Waals surface area contributed by atoms with Crippen LogP contribution >= 0.6 is 0 Å². The zero-order valence-electron chi connectivity index (χ0n) is 14.7. The van der Waals surface area contributed by atoms with Crippen molar-refractivity contribution in [1.82, 2.24) is 0 Å². The number of nitrogens with zero attached hydrogens (tertiary/aromatic N) is 1. The van der Waals surface area contributed by atoms with Gasteiger partial charge in [-0.3, -0.25) is 0 Å². The molecule has 0 saturated heterocycles. The van der Waals surface area contributed by atoms with Crippen molar-refractivity contribution in [1.29, 1.82) is 0 Å². The minimum atomic E-state index is 0.583. The van der Waals surface area contributed by atoms with Gasteiger partial charge in [0.2, 0.25) is 0 Å². The Bertz CT molecular complexity index is 472. The third kappa shape index (κ3) is 2.08. The van der Waals surface area contributed by atoms with Gasteiger partial charge in [0.05, 0.1) is 5.71 Å². The van der Waals surface area contributed by atoms with Crippen LogP contribution in [0.15, 0.2) is 5.16 Å². The molecule has 124 valence electrons. The fourth-order valence-electron chi connectivity index (χ4n) is 7.26. The van der Waals surface area contributed by atoms with Crippen molar-refractivity contribution in [3.63, 3.8) is 0 Å². The van der Waals surface area contributed by atoms with Crippen molar-refractivity contribution >= 4 is 5.71 Å². The number of hydrogen-bond donors (Lipinski definition) is 0. The molecule has 0 aromatic rings. The van der Waals surface area contributed by atoms with Crippen LogP contribution in [0.2, 0.25) is 0 Å². The van der Waals surface area contributed by atoms with Gasteiger partial charge >= 0.3 is 0 Å². The van der Waals surface area contributed by atoms with Crippen molar-refractivity contribution in [2.24, 2.45) is 39.7 Å². The second-order valence-corrected chi connectivity index (χ2v) is 9.29. The van der Waals surface area contributed by atoms with Gasteiger partial charge in [0.25, 0.3) is 0 Å². The Labute approximate surface area is 136 Å². The van der Waals surface area contributed by atoms with Gasteiger partial charge in [0.1, 0.15) is 7.11 Å². The highest BCUT2D eigenvalue weighted by Gasteiger charge is 2.57. The van der Waals surface area contributed by atoms with E-state index in [1.807, 2.05) is 0 Å². The summed E-state index contributed by atoms with van der Waals surface area (Å²) in [6, 6.07) is 0. The summed E-state index contributed by atoms with van der Waals surface area (Å²) in [5.74, 6) is 3.93. The summed E-state index contributed by atoms with van der Waals surface area (Å²) in [6.45, 7) is 5.25. The van der Waals surface area contributed by atoms with Crippen LogP contribution in [-0.4, -0.2) is 12.8 Å². The standard InChI is InChI=1S/C20H33NO/c1-19-10-4-5-17(19)16-7-6-14-13-15(21-22-3)8-12-20(14,2)18(16)9-11-19/h14,16-18H,4-13H2,1-3H3/b21-15+/t14-,16-,17-,18-,19-,20-/m0/s1. The molecule has 4 saturated carbocycles. The molecular weight excluding hydrogens is 270 g/mol. The predicted molar refractivity (Wildman–Crippen MR) is 90.8 cm³/mol. The van der Waals surface area contributed by atoms with E-state index < -0.39 is 0 Å². The summed E-state index contributed by atoms with van der Waals surface area (Å²) in [4.78, 5) is 5.06. The highest BCUT2D eigenvalue weighted by Crippen LogP contribution is 2.65. The fourth-order valence-corrected chi connectivity index (χ4v) is 7.26. The molecule has 4 aliphatic rings. The van der Waals surface area contributed by atoms with Gasteiger partial charge in [-0.25, -0.2) is 0 Å². The summed E-state index contributed by atoms with van der Waals surface area (Å²) < 4.78 is 0. The topological polar surface area (TPSA) is 21.6 Å². The molecule has 0 radical (unpaired) electrons. The Morgan fingerprint density at radius 1 is 1.00 bits per heavy atom. The SMILES string of the molecule is CO/N=C1\CC[C@@]2(C)[C@@H](CC[C@H]3[C@@H]4CCC[C@@]4(C)CC[C@@H]32)C1. The summed E-state index contributed by atoms with van der Waals surface area (Å²) >= 11 is 0. The van der Waals surface area contributed by atoms with Crippen LogP contribution in [0.5, 0.6) is 0 Å². The first-order valence-corrected chi connectivity index (χ1v) is 9.66.